The normalized spacial score (nSPS) is 22.6. The van der Waals surface area contributed by atoms with Crippen molar-refractivity contribution in [1.29, 1.82) is 5.26 Å². The predicted molar refractivity (Wildman–Crippen MR) is 80.3 cm³/mol. The summed E-state index contributed by atoms with van der Waals surface area (Å²) in [5, 5.41) is 12.9. The first-order valence-electron chi connectivity index (χ1n) is 7.84. The highest BCUT2D eigenvalue weighted by molar-refractivity contribution is 5.40. The fourth-order valence-corrected chi connectivity index (χ4v) is 3.84. The zero-order valence-corrected chi connectivity index (χ0v) is 12.0. The molecule has 1 N–H and O–H groups in total. The van der Waals surface area contributed by atoms with Crippen LogP contribution in [0.25, 0.3) is 0 Å². The monoisotopic (exact) mass is 269 g/mol. The van der Waals surface area contributed by atoms with Gasteiger partial charge in [-0.15, -0.1) is 0 Å². The van der Waals surface area contributed by atoms with Crippen molar-refractivity contribution in [1.82, 2.24) is 10.2 Å². The largest absolute Gasteiger partial charge is 0.314 e. The molecule has 1 aliphatic heterocycles. The minimum absolute atomic E-state index is 0.440. The van der Waals surface area contributed by atoms with E-state index in [2.05, 4.69) is 28.4 Å². The smallest absolute Gasteiger partial charge is 0.0995 e. The van der Waals surface area contributed by atoms with Crippen molar-refractivity contribution in [2.45, 2.75) is 31.7 Å². The highest BCUT2D eigenvalue weighted by atomic mass is 15.2. The summed E-state index contributed by atoms with van der Waals surface area (Å²) in [6, 6.07) is 11.0. The highest BCUT2D eigenvalue weighted by Gasteiger charge is 2.32. The van der Waals surface area contributed by atoms with Crippen LogP contribution in [0.15, 0.2) is 24.3 Å². The highest BCUT2D eigenvalue weighted by Crippen LogP contribution is 2.40. The first kappa shape index (κ1) is 13.6. The Morgan fingerprint density at radius 3 is 2.55 bits per heavy atom. The van der Waals surface area contributed by atoms with Gasteiger partial charge >= 0.3 is 0 Å². The SMILES string of the molecule is N#Cc1ccccc1[C@@H](C1CCCC1)N1CCNCC1. The number of benzene rings is 1. The van der Waals surface area contributed by atoms with Crippen LogP contribution in [-0.4, -0.2) is 31.1 Å². The van der Waals surface area contributed by atoms with Gasteiger partial charge in [0.15, 0.2) is 0 Å². The van der Waals surface area contributed by atoms with E-state index in [1.54, 1.807) is 0 Å². The summed E-state index contributed by atoms with van der Waals surface area (Å²) in [5.41, 5.74) is 2.12. The summed E-state index contributed by atoms with van der Waals surface area (Å²) in [4.78, 5) is 2.60. The molecule has 0 radical (unpaired) electrons. The molecule has 0 spiro atoms. The van der Waals surface area contributed by atoms with Gasteiger partial charge in [0.1, 0.15) is 0 Å². The van der Waals surface area contributed by atoms with Crippen LogP contribution in [0.5, 0.6) is 0 Å². The fraction of sp³-hybridized carbons (Fsp3) is 0.588. The number of hydrogen-bond acceptors (Lipinski definition) is 3. The van der Waals surface area contributed by atoms with E-state index in [0.29, 0.717) is 6.04 Å². The second kappa shape index (κ2) is 6.39. The van der Waals surface area contributed by atoms with Crippen molar-refractivity contribution in [2.75, 3.05) is 26.2 Å². The Labute approximate surface area is 121 Å². The van der Waals surface area contributed by atoms with E-state index in [0.717, 1.165) is 37.7 Å². The summed E-state index contributed by atoms with van der Waals surface area (Å²) in [6.07, 6.45) is 5.33. The first-order chi connectivity index (χ1) is 9.90. The summed E-state index contributed by atoms with van der Waals surface area (Å²) >= 11 is 0. The van der Waals surface area contributed by atoms with Gasteiger partial charge in [-0.25, -0.2) is 0 Å². The van der Waals surface area contributed by atoms with Crippen molar-refractivity contribution in [3.05, 3.63) is 35.4 Å². The molecule has 1 saturated heterocycles. The van der Waals surface area contributed by atoms with Gasteiger partial charge in [-0.3, -0.25) is 4.90 Å². The van der Waals surface area contributed by atoms with Gasteiger partial charge in [0.25, 0.3) is 0 Å². The lowest BCUT2D eigenvalue weighted by Gasteiger charge is -2.39. The van der Waals surface area contributed by atoms with Crippen molar-refractivity contribution in [3.63, 3.8) is 0 Å². The Kier molecular flexibility index (Phi) is 4.34. The molecule has 1 heterocycles. The molecule has 0 unspecified atom stereocenters. The lowest BCUT2D eigenvalue weighted by Crippen LogP contribution is -2.46. The van der Waals surface area contributed by atoms with Crippen LogP contribution in [0, 0.1) is 17.2 Å². The van der Waals surface area contributed by atoms with Gasteiger partial charge in [-0.1, -0.05) is 31.0 Å². The van der Waals surface area contributed by atoms with Gasteiger partial charge in [0.2, 0.25) is 0 Å². The molecular formula is C17H23N3. The van der Waals surface area contributed by atoms with Gasteiger partial charge in [-0.05, 0) is 30.4 Å². The minimum Gasteiger partial charge on any atom is -0.314 e. The summed E-state index contributed by atoms with van der Waals surface area (Å²) in [5.74, 6) is 0.725. The van der Waals surface area contributed by atoms with Gasteiger partial charge in [0.05, 0.1) is 11.6 Å². The van der Waals surface area contributed by atoms with Gasteiger partial charge in [-0.2, -0.15) is 5.26 Å². The van der Waals surface area contributed by atoms with Crippen molar-refractivity contribution in [2.24, 2.45) is 5.92 Å². The zero-order valence-electron chi connectivity index (χ0n) is 12.0. The Morgan fingerprint density at radius 2 is 1.85 bits per heavy atom. The second-order valence-corrected chi connectivity index (χ2v) is 5.97. The van der Waals surface area contributed by atoms with E-state index < -0.39 is 0 Å². The molecule has 3 nitrogen and oxygen atoms in total. The summed E-state index contributed by atoms with van der Waals surface area (Å²) < 4.78 is 0. The lowest BCUT2D eigenvalue weighted by atomic mass is 9.87. The van der Waals surface area contributed by atoms with Crippen LogP contribution in [0.4, 0.5) is 0 Å². The van der Waals surface area contributed by atoms with Crippen molar-refractivity contribution < 1.29 is 0 Å². The van der Waals surface area contributed by atoms with Crippen LogP contribution in [0.1, 0.15) is 42.9 Å². The number of rotatable bonds is 3. The third-order valence-corrected chi connectivity index (χ3v) is 4.79. The quantitative estimate of drug-likeness (QED) is 0.917. The third kappa shape index (κ3) is 2.72. The molecule has 3 rings (SSSR count). The van der Waals surface area contributed by atoms with Crippen LogP contribution >= 0.6 is 0 Å². The molecule has 0 amide bonds. The fourth-order valence-electron chi connectivity index (χ4n) is 3.84. The average molecular weight is 269 g/mol. The van der Waals surface area contributed by atoms with Crippen LogP contribution in [-0.2, 0) is 0 Å². The topological polar surface area (TPSA) is 39.1 Å². The minimum atomic E-state index is 0.440. The Bertz CT molecular complexity index is 479. The molecule has 20 heavy (non-hydrogen) atoms. The standard InChI is InChI=1S/C17H23N3/c18-13-15-7-3-4-8-16(15)17(14-5-1-2-6-14)20-11-9-19-10-12-20/h3-4,7-8,14,17,19H,1-2,5-6,9-12H2/t17-/m1/s1. The van der Waals surface area contributed by atoms with E-state index in [1.165, 1.54) is 31.2 Å². The number of nitrogens with zero attached hydrogens (tertiary/aromatic N) is 2. The molecule has 1 aromatic rings. The number of nitrogens with one attached hydrogen (secondary N) is 1. The molecule has 3 heteroatoms. The molecule has 1 aliphatic carbocycles. The Balaban J connectivity index is 1.93. The van der Waals surface area contributed by atoms with Crippen molar-refractivity contribution >= 4 is 0 Å². The van der Waals surface area contributed by atoms with Gasteiger partial charge in [0, 0.05) is 32.2 Å². The molecule has 0 aromatic heterocycles. The maximum atomic E-state index is 9.43. The Morgan fingerprint density at radius 1 is 1.15 bits per heavy atom. The van der Waals surface area contributed by atoms with Crippen molar-refractivity contribution in [3.8, 4) is 6.07 Å². The molecule has 1 atom stereocenters. The van der Waals surface area contributed by atoms with Crippen LogP contribution in [0.3, 0.4) is 0 Å². The molecule has 106 valence electrons. The van der Waals surface area contributed by atoms with E-state index >= 15 is 0 Å². The molecule has 1 saturated carbocycles. The lowest BCUT2D eigenvalue weighted by molar-refractivity contribution is 0.125. The molecule has 0 bridgehead atoms. The summed E-state index contributed by atoms with van der Waals surface area (Å²) in [6.45, 7) is 4.33. The molecule has 2 fully saturated rings. The first-order valence-corrected chi connectivity index (χ1v) is 7.84. The number of hydrogen-bond donors (Lipinski definition) is 1. The number of nitriles is 1. The van der Waals surface area contributed by atoms with Gasteiger partial charge < -0.3 is 5.32 Å². The predicted octanol–water partition coefficient (Wildman–Crippen LogP) is 2.69. The van der Waals surface area contributed by atoms with E-state index in [4.69, 9.17) is 0 Å². The van der Waals surface area contributed by atoms with Crippen LogP contribution < -0.4 is 5.32 Å². The van der Waals surface area contributed by atoms with Crippen LogP contribution in [0.2, 0.25) is 0 Å². The maximum Gasteiger partial charge on any atom is 0.0995 e. The van der Waals surface area contributed by atoms with E-state index in [-0.39, 0.29) is 0 Å². The maximum absolute atomic E-state index is 9.43. The Hall–Kier alpha value is -1.37. The average Bonchev–Trinajstić information content (AvgIpc) is 3.03. The van der Waals surface area contributed by atoms with E-state index in [1.807, 2.05) is 12.1 Å². The van der Waals surface area contributed by atoms with E-state index in [9.17, 15) is 5.26 Å². The zero-order chi connectivity index (χ0) is 13.8. The third-order valence-electron chi connectivity index (χ3n) is 4.79. The molecule has 1 aromatic carbocycles. The number of piperazine rings is 1. The summed E-state index contributed by atoms with van der Waals surface area (Å²) in [7, 11) is 0. The molecule has 2 aliphatic rings. The second-order valence-electron chi connectivity index (χ2n) is 5.97. The molecular weight excluding hydrogens is 246 g/mol.